The fraction of sp³-hybridized carbons (Fsp3) is 0.667. The zero-order valence-corrected chi connectivity index (χ0v) is 16.4. The molecular weight excluding hydrogens is 409 g/mol. The summed E-state index contributed by atoms with van der Waals surface area (Å²) in [5, 5.41) is 11.2. The van der Waals surface area contributed by atoms with Gasteiger partial charge in [0.25, 0.3) is 0 Å². The summed E-state index contributed by atoms with van der Waals surface area (Å²) >= 11 is 6.97. The number of hydrogen-bond donors (Lipinski definition) is 1. The van der Waals surface area contributed by atoms with Crippen LogP contribution >= 0.6 is 11.6 Å². The van der Waals surface area contributed by atoms with E-state index in [2.05, 4.69) is 37.2 Å². The van der Waals surface area contributed by atoms with Gasteiger partial charge in [-0.1, -0.05) is 0 Å². The minimum absolute atomic E-state index is 0.0536. The van der Waals surface area contributed by atoms with E-state index in [1.807, 2.05) is 0 Å². The standard InChI is InChI=1S/C18H26ClINO/c1-21(2)12-18(8-3-4-14(22)11-18)13-5-6-15(16(19)10-13)17-7-9-20-17/h5-6,10,14,17,22H,3-4,7-9,11-12H2,1-2H3/q-1. The van der Waals surface area contributed by atoms with Crippen molar-refractivity contribution >= 4 is 11.6 Å². The number of alkyl halides is 2. The van der Waals surface area contributed by atoms with Gasteiger partial charge in [0, 0.05) is 0 Å². The van der Waals surface area contributed by atoms with Gasteiger partial charge in [-0.15, -0.1) is 0 Å². The summed E-state index contributed by atoms with van der Waals surface area (Å²) in [5.74, 6) is 0. The number of halogens is 2. The number of nitrogens with zero attached hydrogens (tertiary/aromatic N) is 1. The van der Waals surface area contributed by atoms with Crippen LogP contribution in [0.4, 0.5) is 0 Å². The molecule has 3 atom stereocenters. The van der Waals surface area contributed by atoms with Gasteiger partial charge in [-0.3, -0.25) is 0 Å². The summed E-state index contributed by atoms with van der Waals surface area (Å²) in [6.07, 6.45) is 5.19. The monoisotopic (exact) mass is 434 g/mol. The number of benzene rings is 1. The van der Waals surface area contributed by atoms with Crippen molar-refractivity contribution in [2.24, 2.45) is 0 Å². The Kier molecular flexibility index (Phi) is 5.38. The van der Waals surface area contributed by atoms with Crippen LogP contribution in [0.1, 0.15) is 47.2 Å². The van der Waals surface area contributed by atoms with E-state index in [-0.39, 0.29) is 11.5 Å². The summed E-state index contributed by atoms with van der Waals surface area (Å²) in [7, 11) is 4.25. The third-order valence-corrected chi connectivity index (χ3v) is 8.98. The third kappa shape index (κ3) is 3.47. The zero-order chi connectivity index (χ0) is 15.7. The van der Waals surface area contributed by atoms with Crippen molar-refractivity contribution in [3.8, 4) is 0 Å². The van der Waals surface area contributed by atoms with Crippen molar-refractivity contribution < 1.29 is 26.3 Å². The van der Waals surface area contributed by atoms with Gasteiger partial charge in [0.05, 0.1) is 0 Å². The van der Waals surface area contributed by atoms with E-state index in [0.29, 0.717) is 21.2 Å². The molecule has 2 nitrogen and oxygen atoms in total. The first-order valence-electron chi connectivity index (χ1n) is 8.21. The van der Waals surface area contributed by atoms with Gasteiger partial charge in [0.2, 0.25) is 0 Å². The topological polar surface area (TPSA) is 23.5 Å². The van der Waals surface area contributed by atoms with Crippen LogP contribution in [0.15, 0.2) is 18.2 Å². The molecule has 1 saturated carbocycles. The Morgan fingerprint density at radius 1 is 1.36 bits per heavy atom. The molecule has 3 unspecified atom stereocenters. The summed E-state index contributed by atoms with van der Waals surface area (Å²) < 4.78 is 2.22. The Labute approximate surface area is 149 Å². The number of aliphatic hydroxyl groups is 1. The van der Waals surface area contributed by atoms with Crippen molar-refractivity contribution in [2.45, 2.75) is 47.5 Å². The maximum absolute atomic E-state index is 10.2. The second-order valence-electron chi connectivity index (χ2n) is 7.10. The van der Waals surface area contributed by atoms with Gasteiger partial charge in [0.15, 0.2) is 0 Å². The van der Waals surface area contributed by atoms with Gasteiger partial charge in [-0.25, -0.2) is 0 Å². The molecule has 22 heavy (non-hydrogen) atoms. The SMILES string of the molecule is CN(C)CC1(c2ccc(C3CC[I-]3)c(Cl)c2)CCCC(O)C1. The molecule has 0 amide bonds. The molecule has 1 aliphatic heterocycles. The van der Waals surface area contributed by atoms with Crippen molar-refractivity contribution in [1.82, 2.24) is 4.90 Å². The summed E-state index contributed by atoms with van der Waals surface area (Å²) in [5.41, 5.74) is 2.75. The van der Waals surface area contributed by atoms with Crippen LogP contribution in [0.2, 0.25) is 5.02 Å². The Balaban J connectivity index is 1.91. The molecule has 2 aliphatic rings. The Hall–Kier alpha value is 0.160. The number of likely N-dealkylation sites (N-methyl/N-ethyl adjacent to an activating group) is 1. The van der Waals surface area contributed by atoms with E-state index in [9.17, 15) is 5.11 Å². The average Bonchev–Trinajstić information content (AvgIpc) is 2.38. The molecular formula is C18H26ClINO-. The zero-order valence-electron chi connectivity index (χ0n) is 13.5. The molecule has 0 aromatic heterocycles. The molecule has 2 fully saturated rings. The molecule has 0 radical (unpaired) electrons. The first-order chi connectivity index (χ1) is 10.5. The van der Waals surface area contributed by atoms with Crippen LogP contribution < -0.4 is 21.2 Å². The molecule has 4 heteroatoms. The van der Waals surface area contributed by atoms with Gasteiger partial charge in [-0.05, 0) is 0 Å². The number of rotatable bonds is 4. The van der Waals surface area contributed by atoms with Crippen LogP contribution in [-0.4, -0.2) is 41.2 Å². The van der Waals surface area contributed by atoms with Gasteiger partial charge < -0.3 is 0 Å². The quantitative estimate of drug-likeness (QED) is 0.554. The molecule has 0 bridgehead atoms. The van der Waals surface area contributed by atoms with Crippen LogP contribution in [0.3, 0.4) is 0 Å². The molecule has 1 saturated heterocycles. The molecule has 0 spiro atoms. The molecule has 1 aromatic rings. The van der Waals surface area contributed by atoms with Gasteiger partial charge in [-0.2, -0.15) is 0 Å². The maximum atomic E-state index is 10.2. The molecule has 3 rings (SSSR count). The van der Waals surface area contributed by atoms with Crippen LogP contribution in [0.5, 0.6) is 0 Å². The first kappa shape index (κ1) is 17.0. The Morgan fingerprint density at radius 2 is 2.14 bits per heavy atom. The predicted molar refractivity (Wildman–Crippen MR) is 88.4 cm³/mol. The van der Waals surface area contributed by atoms with Crippen molar-refractivity contribution in [2.75, 3.05) is 25.1 Å². The normalized spacial score (nSPS) is 32.4. The van der Waals surface area contributed by atoms with Crippen LogP contribution in [0.25, 0.3) is 0 Å². The Bertz CT molecular complexity index is 528. The second kappa shape index (κ2) is 6.96. The van der Waals surface area contributed by atoms with E-state index >= 15 is 0 Å². The van der Waals surface area contributed by atoms with E-state index in [4.69, 9.17) is 11.6 Å². The van der Waals surface area contributed by atoms with Crippen molar-refractivity contribution in [1.29, 1.82) is 0 Å². The predicted octanol–water partition coefficient (Wildman–Crippen LogP) is 0.608. The fourth-order valence-electron chi connectivity index (χ4n) is 4.00. The number of hydrogen-bond acceptors (Lipinski definition) is 2. The van der Waals surface area contributed by atoms with E-state index < -0.39 is 0 Å². The molecule has 1 N–H and O–H groups in total. The fourth-order valence-corrected chi connectivity index (χ4v) is 6.76. The molecule has 1 aromatic carbocycles. The average molecular weight is 435 g/mol. The van der Waals surface area contributed by atoms with E-state index in [1.165, 1.54) is 22.0 Å². The summed E-state index contributed by atoms with van der Waals surface area (Å²) in [6.45, 7) is 0.982. The first-order valence-corrected chi connectivity index (χ1v) is 11.4. The third-order valence-electron chi connectivity index (χ3n) is 5.05. The van der Waals surface area contributed by atoms with Crippen molar-refractivity contribution in [3.63, 3.8) is 0 Å². The minimum atomic E-state index is -0.176. The Morgan fingerprint density at radius 3 is 2.68 bits per heavy atom. The van der Waals surface area contributed by atoms with Crippen LogP contribution in [-0.2, 0) is 5.41 Å². The summed E-state index contributed by atoms with van der Waals surface area (Å²) in [6, 6.07) is 6.78. The van der Waals surface area contributed by atoms with E-state index in [0.717, 1.165) is 41.2 Å². The van der Waals surface area contributed by atoms with Crippen LogP contribution in [0, 0.1) is 0 Å². The number of aliphatic hydroxyl groups excluding tert-OH is 1. The molecule has 1 aliphatic carbocycles. The van der Waals surface area contributed by atoms with Crippen molar-refractivity contribution in [3.05, 3.63) is 34.3 Å². The molecule has 124 valence electrons. The van der Waals surface area contributed by atoms with Gasteiger partial charge in [0.1, 0.15) is 0 Å². The molecule has 1 heterocycles. The van der Waals surface area contributed by atoms with Gasteiger partial charge >= 0.3 is 150 Å². The van der Waals surface area contributed by atoms with E-state index in [1.54, 1.807) is 0 Å². The summed E-state index contributed by atoms with van der Waals surface area (Å²) in [4.78, 5) is 2.25. The second-order valence-corrected chi connectivity index (χ2v) is 11.0.